The summed E-state index contributed by atoms with van der Waals surface area (Å²) in [4.78, 5) is 3.10. The van der Waals surface area contributed by atoms with Gasteiger partial charge in [-0.25, -0.2) is 0 Å². The Balaban J connectivity index is 2.01. The molecule has 1 aliphatic rings. The molecule has 1 aliphatic carbocycles. The van der Waals surface area contributed by atoms with Gasteiger partial charge in [-0.1, -0.05) is 17.7 Å². The van der Waals surface area contributed by atoms with Crippen LogP contribution in [0.3, 0.4) is 0 Å². The highest BCUT2D eigenvalue weighted by Crippen LogP contribution is 2.38. The van der Waals surface area contributed by atoms with Crippen LogP contribution in [-0.2, 0) is 6.42 Å². The van der Waals surface area contributed by atoms with Gasteiger partial charge >= 0.3 is 0 Å². The van der Waals surface area contributed by atoms with Crippen LogP contribution in [-0.4, -0.2) is 15.7 Å². The fourth-order valence-electron chi connectivity index (χ4n) is 1.94. The molecule has 0 spiro atoms. The van der Waals surface area contributed by atoms with Gasteiger partial charge in [-0.3, -0.25) is 0 Å². The lowest BCUT2D eigenvalue weighted by Crippen LogP contribution is -2.10. The number of aromatic amines is 1. The minimum Gasteiger partial charge on any atom is -0.390 e. The summed E-state index contributed by atoms with van der Waals surface area (Å²) < 4.78 is 0. The fourth-order valence-corrected chi connectivity index (χ4v) is 2.16. The number of aromatic nitrogens is 1. The highest BCUT2D eigenvalue weighted by molar-refractivity contribution is 6.35. The first-order valence-electron chi connectivity index (χ1n) is 5.14. The predicted octanol–water partition coefficient (Wildman–Crippen LogP) is 2.89. The van der Waals surface area contributed by atoms with Crippen LogP contribution < -0.4 is 0 Å². The van der Waals surface area contributed by atoms with E-state index in [1.165, 1.54) is 0 Å². The number of benzene rings is 1. The van der Waals surface area contributed by atoms with Crippen molar-refractivity contribution in [2.45, 2.75) is 24.9 Å². The largest absolute Gasteiger partial charge is 0.390 e. The molecule has 3 rings (SSSR count). The van der Waals surface area contributed by atoms with Crippen LogP contribution in [0.4, 0.5) is 0 Å². The van der Waals surface area contributed by atoms with Crippen LogP contribution in [0.25, 0.3) is 10.9 Å². The molecule has 0 radical (unpaired) electrons. The van der Waals surface area contributed by atoms with Crippen LogP contribution in [0, 0.1) is 0 Å². The Hall–Kier alpha value is -0.990. The van der Waals surface area contributed by atoms with Crippen molar-refractivity contribution >= 4 is 22.5 Å². The number of fused-ring (bicyclic) bond motifs is 1. The van der Waals surface area contributed by atoms with Gasteiger partial charge in [0.2, 0.25) is 0 Å². The molecule has 0 saturated heterocycles. The molecule has 78 valence electrons. The van der Waals surface area contributed by atoms with Gasteiger partial charge in [0.15, 0.2) is 0 Å². The van der Waals surface area contributed by atoms with Crippen molar-refractivity contribution < 1.29 is 5.11 Å². The third kappa shape index (κ3) is 1.64. The summed E-state index contributed by atoms with van der Waals surface area (Å²) >= 11 is 6.04. The highest BCUT2D eigenvalue weighted by Gasteiger charge is 2.40. The molecule has 1 heterocycles. The maximum atomic E-state index is 9.83. The molecule has 1 fully saturated rings. The first-order valence-corrected chi connectivity index (χ1v) is 5.52. The third-order valence-corrected chi connectivity index (χ3v) is 3.37. The zero-order valence-electron chi connectivity index (χ0n) is 8.26. The Labute approximate surface area is 92.9 Å². The minimum absolute atomic E-state index is 0.434. The topological polar surface area (TPSA) is 36.0 Å². The normalized spacial score (nSPS) is 18.3. The van der Waals surface area contributed by atoms with E-state index < -0.39 is 5.60 Å². The lowest BCUT2D eigenvalue weighted by molar-refractivity contribution is 0.151. The molecular formula is C12H12ClNO. The van der Waals surface area contributed by atoms with E-state index in [4.69, 9.17) is 11.6 Å². The second-order valence-electron chi connectivity index (χ2n) is 4.42. The lowest BCUT2D eigenvalue weighted by Gasteiger charge is -2.07. The number of nitrogens with one attached hydrogen (secondary N) is 1. The smallest absolute Gasteiger partial charge is 0.0690 e. The fraction of sp³-hybridized carbons (Fsp3) is 0.333. The van der Waals surface area contributed by atoms with Gasteiger partial charge in [-0.2, -0.15) is 0 Å². The average Bonchev–Trinajstić information content (AvgIpc) is 2.82. The molecule has 0 bridgehead atoms. The summed E-state index contributed by atoms with van der Waals surface area (Å²) in [6.07, 6.45) is 4.38. The van der Waals surface area contributed by atoms with Crippen LogP contribution in [0.5, 0.6) is 0 Å². The van der Waals surface area contributed by atoms with E-state index in [2.05, 4.69) is 11.1 Å². The van der Waals surface area contributed by atoms with E-state index in [1.807, 2.05) is 12.1 Å². The van der Waals surface area contributed by atoms with E-state index in [-0.39, 0.29) is 0 Å². The summed E-state index contributed by atoms with van der Waals surface area (Å²) in [6.45, 7) is 0. The number of H-pyrrole nitrogens is 1. The van der Waals surface area contributed by atoms with Crippen molar-refractivity contribution in [2.24, 2.45) is 0 Å². The van der Waals surface area contributed by atoms with Crippen LogP contribution >= 0.6 is 11.6 Å². The number of aliphatic hydroxyl groups is 1. The van der Waals surface area contributed by atoms with Gasteiger partial charge in [-0.15, -0.1) is 0 Å². The van der Waals surface area contributed by atoms with Crippen molar-refractivity contribution in [3.8, 4) is 0 Å². The van der Waals surface area contributed by atoms with E-state index >= 15 is 0 Å². The second kappa shape index (κ2) is 3.00. The lowest BCUT2D eigenvalue weighted by atomic mass is 10.1. The summed E-state index contributed by atoms with van der Waals surface area (Å²) in [7, 11) is 0. The molecule has 3 heteroatoms. The number of rotatable bonds is 2. The second-order valence-corrected chi connectivity index (χ2v) is 4.82. The van der Waals surface area contributed by atoms with E-state index in [9.17, 15) is 5.11 Å². The molecule has 0 unspecified atom stereocenters. The van der Waals surface area contributed by atoms with E-state index in [0.717, 1.165) is 40.8 Å². The molecule has 2 N–H and O–H groups in total. The molecule has 1 saturated carbocycles. The molecule has 0 aliphatic heterocycles. The number of hydrogen-bond donors (Lipinski definition) is 2. The SMILES string of the molecule is OC1(Cc2ccc3[nH]cc(Cl)c3c2)CC1. The molecule has 1 aromatic carbocycles. The maximum Gasteiger partial charge on any atom is 0.0690 e. The minimum atomic E-state index is -0.434. The molecule has 2 nitrogen and oxygen atoms in total. The van der Waals surface area contributed by atoms with Crippen LogP contribution in [0.2, 0.25) is 5.02 Å². The van der Waals surface area contributed by atoms with Crippen molar-refractivity contribution in [2.75, 3.05) is 0 Å². The Bertz CT molecular complexity index is 513. The predicted molar refractivity (Wildman–Crippen MR) is 61.2 cm³/mol. The first kappa shape index (κ1) is 9.25. The highest BCUT2D eigenvalue weighted by atomic mass is 35.5. The van der Waals surface area contributed by atoms with Crippen LogP contribution in [0.1, 0.15) is 18.4 Å². The van der Waals surface area contributed by atoms with Crippen molar-refractivity contribution in [3.05, 3.63) is 35.0 Å². The monoisotopic (exact) mass is 221 g/mol. The first-order chi connectivity index (χ1) is 7.16. The Morgan fingerprint density at radius 3 is 2.93 bits per heavy atom. The Kier molecular flexibility index (Phi) is 1.85. The standard InChI is InChI=1S/C12H12ClNO/c13-10-7-14-11-2-1-8(5-9(10)11)6-12(15)3-4-12/h1-2,5,7,14-15H,3-4,6H2. The van der Waals surface area contributed by atoms with Gasteiger partial charge in [0, 0.05) is 23.5 Å². The average molecular weight is 222 g/mol. The summed E-state index contributed by atoms with van der Waals surface area (Å²) in [6, 6.07) is 6.12. The van der Waals surface area contributed by atoms with Crippen molar-refractivity contribution in [1.82, 2.24) is 4.98 Å². The third-order valence-electron chi connectivity index (χ3n) is 3.06. The molecule has 2 aromatic rings. The summed E-state index contributed by atoms with van der Waals surface area (Å²) in [5, 5.41) is 11.6. The molecule has 1 aromatic heterocycles. The van der Waals surface area contributed by atoms with Crippen molar-refractivity contribution in [3.63, 3.8) is 0 Å². The van der Waals surface area contributed by atoms with Gasteiger partial charge < -0.3 is 10.1 Å². The zero-order chi connectivity index (χ0) is 10.5. The quantitative estimate of drug-likeness (QED) is 0.804. The Morgan fingerprint density at radius 1 is 1.40 bits per heavy atom. The van der Waals surface area contributed by atoms with Crippen LogP contribution in [0.15, 0.2) is 24.4 Å². The van der Waals surface area contributed by atoms with Crippen molar-refractivity contribution in [1.29, 1.82) is 0 Å². The molecule has 15 heavy (non-hydrogen) atoms. The number of hydrogen-bond acceptors (Lipinski definition) is 1. The molecule has 0 amide bonds. The molecule has 0 atom stereocenters. The van der Waals surface area contributed by atoms with E-state index in [0.29, 0.717) is 0 Å². The van der Waals surface area contributed by atoms with E-state index in [1.54, 1.807) is 6.20 Å². The molecular weight excluding hydrogens is 210 g/mol. The summed E-state index contributed by atoms with van der Waals surface area (Å²) in [5.74, 6) is 0. The Morgan fingerprint density at radius 2 is 2.20 bits per heavy atom. The zero-order valence-corrected chi connectivity index (χ0v) is 9.01. The van der Waals surface area contributed by atoms with Gasteiger partial charge in [-0.05, 0) is 30.5 Å². The number of halogens is 1. The summed E-state index contributed by atoms with van der Waals surface area (Å²) in [5.41, 5.74) is 1.77. The maximum absolute atomic E-state index is 9.83. The van der Waals surface area contributed by atoms with Gasteiger partial charge in [0.1, 0.15) is 0 Å². The van der Waals surface area contributed by atoms with Gasteiger partial charge in [0.05, 0.1) is 10.6 Å². The van der Waals surface area contributed by atoms with Gasteiger partial charge in [0.25, 0.3) is 0 Å².